The fourth-order valence-corrected chi connectivity index (χ4v) is 2.87. The predicted molar refractivity (Wildman–Crippen MR) is 105 cm³/mol. The van der Waals surface area contributed by atoms with Crippen molar-refractivity contribution >= 4 is 17.5 Å². The Balaban J connectivity index is 1.66. The third-order valence-corrected chi connectivity index (χ3v) is 4.53. The average molecular weight is 384 g/mol. The minimum absolute atomic E-state index is 0.0382. The van der Waals surface area contributed by atoms with Crippen molar-refractivity contribution < 1.29 is 9.32 Å². The van der Waals surface area contributed by atoms with Gasteiger partial charge >= 0.3 is 0 Å². The van der Waals surface area contributed by atoms with E-state index in [1.165, 1.54) is 0 Å². The molecular formula is C21H22ClN3O2. The molecule has 140 valence electrons. The molecule has 3 rings (SSSR count). The molecule has 6 heteroatoms. The number of benzene rings is 2. The summed E-state index contributed by atoms with van der Waals surface area (Å²) in [6.45, 7) is 4.02. The van der Waals surface area contributed by atoms with Crippen LogP contribution in [0.3, 0.4) is 0 Å². The van der Waals surface area contributed by atoms with Crippen molar-refractivity contribution in [2.75, 3.05) is 0 Å². The Morgan fingerprint density at radius 2 is 1.81 bits per heavy atom. The van der Waals surface area contributed by atoms with Crippen molar-refractivity contribution in [2.24, 2.45) is 5.92 Å². The number of halogens is 1. The van der Waals surface area contributed by atoms with Crippen molar-refractivity contribution in [3.63, 3.8) is 0 Å². The first-order valence-electron chi connectivity index (χ1n) is 8.96. The van der Waals surface area contributed by atoms with Gasteiger partial charge in [-0.25, -0.2) is 0 Å². The summed E-state index contributed by atoms with van der Waals surface area (Å²) >= 11 is 5.92. The summed E-state index contributed by atoms with van der Waals surface area (Å²) in [6.07, 6.45) is 1.10. The van der Waals surface area contributed by atoms with Crippen LogP contribution in [0.5, 0.6) is 0 Å². The van der Waals surface area contributed by atoms with E-state index < -0.39 is 0 Å². The van der Waals surface area contributed by atoms with Crippen LogP contribution in [-0.4, -0.2) is 16.0 Å². The molecule has 27 heavy (non-hydrogen) atoms. The summed E-state index contributed by atoms with van der Waals surface area (Å²) in [5.74, 6) is 0.960. The molecule has 0 saturated carbocycles. The van der Waals surface area contributed by atoms with Crippen LogP contribution >= 0.6 is 11.6 Å². The number of hydrogen-bond donors (Lipinski definition) is 1. The molecule has 0 fully saturated rings. The Hall–Kier alpha value is -2.66. The van der Waals surface area contributed by atoms with E-state index in [0.717, 1.165) is 11.1 Å². The highest BCUT2D eigenvalue weighted by Gasteiger charge is 2.24. The Kier molecular flexibility index (Phi) is 6.24. The number of carbonyl (C=O) groups excluding carboxylic acids is 1. The fourth-order valence-electron chi connectivity index (χ4n) is 2.74. The van der Waals surface area contributed by atoms with Gasteiger partial charge in [0.05, 0.1) is 0 Å². The van der Waals surface area contributed by atoms with Gasteiger partial charge in [0.25, 0.3) is 0 Å². The number of aromatic nitrogens is 2. The average Bonchev–Trinajstić information content (AvgIpc) is 3.15. The van der Waals surface area contributed by atoms with Gasteiger partial charge in [0.15, 0.2) is 0 Å². The van der Waals surface area contributed by atoms with Gasteiger partial charge in [-0.1, -0.05) is 60.9 Å². The Morgan fingerprint density at radius 3 is 2.48 bits per heavy atom. The van der Waals surface area contributed by atoms with Gasteiger partial charge in [-0.2, -0.15) is 4.98 Å². The van der Waals surface area contributed by atoms with Crippen molar-refractivity contribution in [2.45, 2.75) is 32.7 Å². The Labute approximate surface area is 163 Å². The molecule has 0 spiro atoms. The van der Waals surface area contributed by atoms with E-state index in [1.54, 1.807) is 12.1 Å². The zero-order valence-electron chi connectivity index (χ0n) is 15.4. The summed E-state index contributed by atoms with van der Waals surface area (Å²) in [4.78, 5) is 16.9. The van der Waals surface area contributed by atoms with Gasteiger partial charge in [-0.05, 0) is 42.2 Å². The van der Waals surface area contributed by atoms with Crippen LogP contribution in [0.25, 0.3) is 11.4 Å². The van der Waals surface area contributed by atoms with Crippen LogP contribution in [-0.2, 0) is 11.2 Å². The zero-order valence-corrected chi connectivity index (χ0v) is 16.1. The van der Waals surface area contributed by atoms with E-state index >= 15 is 0 Å². The lowest BCUT2D eigenvalue weighted by Crippen LogP contribution is -2.32. The van der Waals surface area contributed by atoms with Crippen LogP contribution < -0.4 is 5.32 Å². The Bertz CT molecular complexity index is 876. The number of aryl methyl sites for hydroxylation is 1. The van der Waals surface area contributed by atoms with Crippen LogP contribution in [0.1, 0.15) is 37.8 Å². The number of nitrogens with zero attached hydrogens (tertiary/aromatic N) is 2. The maximum absolute atomic E-state index is 12.4. The van der Waals surface area contributed by atoms with Crippen LogP contribution in [0, 0.1) is 5.92 Å². The molecule has 1 aromatic heterocycles. The molecule has 0 aliphatic heterocycles. The largest absolute Gasteiger partial charge is 0.344 e. The molecule has 0 radical (unpaired) electrons. The summed E-state index contributed by atoms with van der Waals surface area (Å²) in [5, 5.41) is 7.71. The lowest BCUT2D eigenvalue weighted by molar-refractivity contribution is -0.122. The summed E-state index contributed by atoms with van der Waals surface area (Å²) < 4.78 is 5.43. The molecular weight excluding hydrogens is 362 g/mol. The second kappa shape index (κ2) is 8.82. The lowest BCUT2D eigenvalue weighted by Gasteiger charge is -2.18. The molecule has 0 aliphatic carbocycles. The standard InChI is InChI=1S/C21H22ClN3O2/c1-14(2)19(23-18(26)13-8-15-6-4-3-5-7-15)21-24-20(25-27-21)16-9-11-17(22)12-10-16/h3-7,9-12,14,19H,8,13H2,1-2H3,(H,23,26)/t19-/m0/s1. The molecule has 1 N–H and O–H groups in total. The topological polar surface area (TPSA) is 68.0 Å². The summed E-state index contributed by atoms with van der Waals surface area (Å²) in [5.41, 5.74) is 1.95. The molecule has 1 heterocycles. The van der Waals surface area contributed by atoms with Crippen molar-refractivity contribution in [1.82, 2.24) is 15.5 Å². The molecule has 1 amide bonds. The molecule has 0 saturated heterocycles. The number of hydrogen-bond acceptors (Lipinski definition) is 4. The zero-order chi connectivity index (χ0) is 19.2. The van der Waals surface area contributed by atoms with Crippen LogP contribution in [0.2, 0.25) is 5.02 Å². The third-order valence-electron chi connectivity index (χ3n) is 4.28. The van der Waals surface area contributed by atoms with Crippen LogP contribution in [0.4, 0.5) is 0 Å². The Morgan fingerprint density at radius 1 is 1.11 bits per heavy atom. The summed E-state index contributed by atoms with van der Waals surface area (Å²) in [6, 6.07) is 16.8. The third kappa shape index (κ3) is 5.17. The van der Waals surface area contributed by atoms with Gasteiger partial charge in [0.1, 0.15) is 6.04 Å². The first-order chi connectivity index (χ1) is 13.0. The molecule has 1 atom stereocenters. The molecule has 0 bridgehead atoms. The van der Waals surface area contributed by atoms with Gasteiger partial charge in [0, 0.05) is 17.0 Å². The number of rotatable bonds is 7. The normalized spacial score (nSPS) is 12.1. The SMILES string of the molecule is CC(C)[C@H](NC(=O)CCc1ccccc1)c1nc(-c2ccc(Cl)cc2)no1. The number of amides is 1. The van der Waals surface area contributed by atoms with E-state index in [9.17, 15) is 4.79 Å². The van der Waals surface area contributed by atoms with Crippen molar-refractivity contribution in [3.8, 4) is 11.4 Å². The maximum atomic E-state index is 12.4. The predicted octanol–water partition coefficient (Wildman–Crippen LogP) is 4.84. The van der Waals surface area contributed by atoms with E-state index in [1.807, 2.05) is 56.3 Å². The van der Waals surface area contributed by atoms with E-state index in [-0.39, 0.29) is 17.9 Å². The monoisotopic (exact) mass is 383 g/mol. The number of carbonyl (C=O) groups is 1. The van der Waals surface area contributed by atoms with Gasteiger partial charge in [-0.3, -0.25) is 4.79 Å². The van der Waals surface area contributed by atoms with Crippen LogP contribution in [0.15, 0.2) is 59.1 Å². The second-order valence-electron chi connectivity index (χ2n) is 6.74. The quantitative estimate of drug-likeness (QED) is 0.634. The molecule has 2 aromatic carbocycles. The smallest absolute Gasteiger partial charge is 0.249 e. The minimum atomic E-state index is -0.332. The lowest BCUT2D eigenvalue weighted by atomic mass is 10.0. The van der Waals surface area contributed by atoms with Gasteiger partial charge < -0.3 is 9.84 Å². The first kappa shape index (κ1) is 19.1. The first-order valence-corrected chi connectivity index (χ1v) is 9.33. The number of nitrogens with one attached hydrogen (secondary N) is 1. The van der Waals surface area contributed by atoms with E-state index in [4.69, 9.17) is 16.1 Å². The highest BCUT2D eigenvalue weighted by molar-refractivity contribution is 6.30. The second-order valence-corrected chi connectivity index (χ2v) is 7.17. The van der Waals surface area contributed by atoms with Gasteiger partial charge in [-0.15, -0.1) is 0 Å². The van der Waals surface area contributed by atoms with Gasteiger partial charge in [0.2, 0.25) is 17.6 Å². The summed E-state index contributed by atoms with van der Waals surface area (Å²) in [7, 11) is 0. The molecule has 3 aromatic rings. The maximum Gasteiger partial charge on any atom is 0.249 e. The highest BCUT2D eigenvalue weighted by atomic mass is 35.5. The molecule has 0 aliphatic rings. The fraction of sp³-hybridized carbons (Fsp3) is 0.286. The van der Waals surface area contributed by atoms with Crippen molar-refractivity contribution in [3.05, 3.63) is 71.1 Å². The molecule has 0 unspecified atom stereocenters. The van der Waals surface area contributed by atoms with E-state index in [0.29, 0.717) is 29.6 Å². The van der Waals surface area contributed by atoms with E-state index in [2.05, 4.69) is 15.5 Å². The highest BCUT2D eigenvalue weighted by Crippen LogP contribution is 2.24. The molecule has 5 nitrogen and oxygen atoms in total. The minimum Gasteiger partial charge on any atom is -0.344 e. The van der Waals surface area contributed by atoms with Crippen molar-refractivity contribution in [1.29, 1.82) is 0 Å².